The molecule has 3 aromatic rings. The summed E-state index contributed by atoms with van der Waals surface area (Å²) in [7, 11) is 3.32. The van der Waals surface area contributed by atoms with Gasteiger partial charge in [0.15, 0.2) is 11.0 Å². The number of carbonyl (C=O) groups excluding carboxylic acids is 2. The zero-order valence-corrected chi connectivity index (χ0v) is 21.5. The number of nitrogens with one attached hydrogen (secondary N) is 2. The molecule has 8 nitrogen and oxygen atoms in total. The van der Waals surface area contributed by atoms with Crippen LogP contribution in [0.4, 0.5) is 5.69 Å². The maximum atomic E-state index is 12.8. The Hall–Kier alpha value is -2.75. The monoisotopic (exact) mass is 521 g/mol. The molecule has 180 valence electrons. The number of carbonyl (C=O) groups is 2. The fraction of sp³-hybridized carbons (Fsp3) is 0.304. The highest BCUT2D eigenvalue weighted by Crippen LogP contribution is 2.29. The van der Waals surface area contributed by atoms with Gasteiger partial charge in [-0.05, 0) is 36.2 Å². The molecule has 1 aromatic heterocycles. The van der Waals surface area contributed by atoms with Crippen LogP contribution in [0.1, 0.15) is 36.1 Å². The van der Waals surface area contributed by atoms with Crippen LogP contribution in [-0.2, 0) is 11.8 Å². The Morgan fingerprint density at radius 3 is 2.56 bits per heavy atom. The van der Waals surface area contributed by atoms with Crippen molar-refractivity contribution in [1.82, 2.24) is 20.1 Å². The third-order valence-electron chi connectivity index (χ3n) is 4.99. The first kappa shape index (κ1) is 25.9. The molecule has 11 heteroatoms. The highest BCUT2D eigenvalue weighted by atomic mass is 35.5. The topological polar surface area (TPSA) is 98.1 Å². The standard InChI is InChI=1S/C23H25Cl2N5O3S/c1-13(2)20(27-22(32)15-7-5-6-8-16(15)25)21-28-29-23(30(21)3)34-12-19(31)26-17-11-14(24)9-10-18(17)33-4/h5-11,13,20H,12H2,1-4H3,(H,26,31)(H,27,32)/t20-/m1/s1. The van der Waals surface area contributed by atoms with E-state index in [0.29, 0.717) is 38.0 Å². The number of benzene rings is 2. The van der Waals surface area contributed by atoms with Crippen molar-refractivity contribution >= 4 is 52.5 Å². The summed E-state index contributed by atoms with van der Waals surface area (Å²) in [6.45, 7) is 3.95. The Labute approximate surface area is 212 Å². The molecule has 0 spiro atoms. The second-order valence-electron chi connectivity index (χ2n) is 7.76. The van der Waals surface area contributed by atoms with Crippen LogP contribution >= 0.6 is 35.0 Å². The van der Waals surface area contributed by atoms with Crippen LogP contribution < -0.4 is 15.4 Å². The molecule has 34 heavy (non-hydrogen) atoms. The van der Waals surface area contributed by atoms with Crippen molar-refractivity contribution in [2.45, 2.75) is 25.0 Å². The van der Waals surface area contributed by atoms with Gasteiger partial charge < -0.3 is 19.9 Å². The predicted molar refractivity (Wildman–Crippen MR) is 135 cm³/mol. The minimum Gasteiger partial charge on any atom is -0.495 e. The number of methoxy groups -OCH3 is 1. The first-order valence-electron chi connectivity index (χ1n) is 10.4. The molecule has 0 aliphatic carbocycles. The lowest BCUT2D eigenvalue weighted by atomic mass is 10.0. The molecule has 3 rings (SSSR count). The molecule has 0 aliphatic heterocycles. The molecule has 2 N–H and O–H groups in total. The molecule has 0 radical (unpaired) electrons. The number of amides is 2. The molecule has 1 atom stereocenters. The highest BCUT2D eigenvalue weighted by molar-refractivity contribution is 7.99. The van der Waals surface area contributed by atoms with Crippen molar-refractivity contribution in [3.63, 3.8) is 0 Å². The number of rotatable bonds is 9. The molecule has 1 heterocycles. The Morgan fingerprint density at radius 2 is 1.88 bits per heavy atom. The molecule has 0 saturated carbocycles. The maximum absolute atomic E-state index is 12.8. The second-order valence-corrected chi connectivity index (χ2v) is 9.54. The Balaban J connectivity index is 1.69. The summed E-state index contributed by atoms with van der Waals surface area (Å²) >= 11 is 13.4. The Kier molecular flexibility index (Phi) is 8.82. The number of aromatic nitrogens is 3. The molecular weight excluding hydrogens is 497 g/mol. The van der Waals surface area contributed by atoms with Crippen molar-refractivity contribution < 1.29 is 14.3 Å². The lowest BCUT2D eigenvalue weighted by Gasteiger charge is -2.22. The average Bonchev–Trinajstić information content (AvgIpc) is 3.16. The number of anilines is 1. The van der Waals surface area contributed by atoms with Gasteiger partial charge in [-0.2, -0.15) is 0 Å². The molecule has 0 fully saturated rings. The summed E-state index contributed by atoms with van der Waals surface area (Å²) in [5.74, 6) is 0.678. The number of halogens is 2. The van der Waals surface area contributed by atoms with Gasteiger partial charge in [-0.15, -0.1) is 10.2 Å². The van der Waals surface area contributed by atoms with Gasteiger partial charge in [0.2, 0.25) is 5.91 Å². The fourth-order valence-electron chi connectivity index (χ4n) is 3.21. The minimum absolute atomic E-state index is 0.0331. The van der Waals surface area contributed by atoms with Crippen molar-refractivity contribution in [2.24, 2.45) is 13.0 Å². The summed E-state index contributed by atoms with van der Waals surface area (Å²) in [5.41, 5.74) is 0.876. The van der Waals surface area contributed by atoms with Gasteiger partial charge in [0.25, 0.3) is 5.91 Å². The van der Waals surface area contributed by atoms with E-state index in [9.17, 15) is 9.59 Å². The van der Waals surface area contributed by atoms with Crippen LogP contribution in [0.5, 0.6) is 5.75 Å². The van der Waals surface area contributed by atoms with Crippen molar-refractivity contribution in [2.75, 3.05) is 18.2 Å². The van der Waals surface area contributed by atoms with E-state index in [-0.39, 0.29) is 23.5 Å². The van der Waals surface area contributed by atoms with Crippen LogP contribution in [-0.4, -0.2) is 39.4 Å². The van der Waals surface area contributed by atoms with E-state index in [1.807, 2.05) is 13.8 Å². The smallest absolute Gasteiger partial charge is 0.253 e. The van der Waals surface area contributed by atoms with Crippen molar-refractivity contribution in [3.8, 4) is 5.75 Å². The summed E-state index contributed by atoms with van der Waals surface area (Å²) in [6, 6.07) is 11.4. The maximum Gasteiger partial charge on any atom is 0.253 e. The minimum atomic E-state index is -0.403. The van der Waals surface area contributed by atoms with E-state index in [0.717, 1.165) is 0 Å². The molecule has 0 bridgehead atoms. The van der Waals surface area contributed by atoms with E-state index >= 15 is 0 Å². The van der Waals surface area contributed by atoms with Gasteiger partial charge in [-0.25, -0.2) is 0 Å². The first-order chi connectivity index (χ1) is 16.2. The van der Waals surface area contributed by atoms with Gasteiger partial charge in [-0.1, -0.05) is 60.9 Å². The third kappa shape index (κ3) is 6.22. The van der Waals surface area contributed by atoms with E-state index in [1.165, 1.54) is 18.9 Å². The first-order valence-corrected chi connectivity index (χ1v) is 12.2. The SMILES string of the molecule is COc1ccc(Cl)cc1NC(=O)CSc1nnc([C@H](NC(=O)c2ccccc2Cl)C(C)C)n1C. The van der Waals surface area contributed by atoms with Gasteiger partial charge in [-0.3, -0.25) is 9.59 Å². The molecule has 2 aromatic carbocycles. The van der Waals surface area contributed by atoms with Crippen molar-refractivity contribution in [3.05, 3.63) is 63.9 Å². The van der Waals surface area contributed by atoms with E-state index in [4.69, 9.17) is 27.9 Å². The van der Waals surface area contributed by atoms with E-state index < -0.39 is 6.04 Å². The zero-order valence-electron chi connectivity index (χ0n) is 19.1. The number of hydrogen-bond acceptors (Lipinski definition) is 6. The summed E-state index contributed by atoms with van der Waals surface area (Å²) < 4.78 is 7.03. The summed E-state index contributed by atoms with van der Waals surface area (Å²) in [5, 5.41) is 15.7. The zero-order chi connectivity index (χ0) is 24.8. The van der Waals surface area contributed by atoms with Crippen LogP contribution in [0.2, 0.25) is 10.0 Å². The normalized spacial score (nSPS) is 11.9. The molecule has 2 amide bonds. The third-order valence-corrected chi connectivity index (χ3v) is 6.57. The quantitative estimate of drug-likeness (QED) is 0.385. The van der Waals surface area contributed by atoms with Crippen LogP contribution in [0.25, 0.3) is 0 Å². The fourth-order valence-corrected chi connectivity index (χ4v) is 4.32. The number of ether oxygens (including phenoxy) is 1. The van der Waals surface area contributed by atoms with Gasteiger partial charge >= 0.3 is 0 Å². The summed E-state index contributed by atoms with van der Waals surface area (Å²) in [4.78, 5) is 25.3. The average molecular weight is 522 g/mol. The molecule has 0 saturated heterocycles. The van der Waals surface area contributed by atoms with Crippen LogP contribution in [0, 0.1) is 5.92 Å². The van der Waals surface area contributed by atoms with Crippen molar-refractivity contribution in [1.29, 1.82) is 0 Å². The lowest BCUT2D eigenvalue weighted by molar-refractivity contribution is -0.113. The van der Waals surface area contributed by atoms with E-state index in [2.05, 4.69) is 20.8 Å². The Morgan fingerprint density at radius 1 is 1.15 bits per heavy atom. The molecular formula is C23H25Cl2N5O3S. The van der Waals surface area contributed by atoms with Gasteiger partial charge in [0.1, 0.15) is 5.75 Å². The largest absolute Gasteiger partial charge is 0.495 e. The van der Waals surface area contributed by atoms with Crippen LogP contribution in [0.3, 0.4) is 0 Å². The summed E-state index contributed by atoms with van der Waals surface area (Å²) in [6.07, 6.45) is 0. The number of thioether (sulfide) groups is 1. The Bertz CT molecular complexity index is 1190. The lowest BCUT2D eigenvalue weighted by Crippen LogP contribution is -2.33. The second kappa shape index (κ2) is 11.6. The number of nitrogens with zero attached hydrogens (tertiary/aromatic N) is 3. The molecule has 0 aliphatic rings. The molecule has 0 unspecified atom stereocenters. The highest BCUT2D eigenvalue weighted by Gasteiger charge is 2.26. The number of hydrogen-bond donors (Lipinski definition) is 2. The van der Waals surface area contributed by atoms with E-state index in [1.54, 1.807) is 54.1 Å². The van der Waals surface area contributed by atoms with Crippen LogP contribution in [0.15, 0.2) is 47.6 Å². The van der Waals surface area contributed by atoms with Gasteiger partial charge in [0.05, 0.1) is 35.2 Å². The predicted octanol–water partition coefficient (Wildman–Crippen LogP) is 4.99. The van der Waals surface area contributed by atoms with Gasteiger partial charge in [0, 0.05) is 12.1 Å².